The second-order valence-corrected chi connectivity index (χ2v) is 11.1. The van der Waals surface area contributed by atoms with Gasteiger partial charge in [0, 0.05) is 41.7 Å². The number of rotatable bonds is 6. The third-order valence-electron chi connectivity index (χ3n) is 5.37. The van der Waals surface area contributed by atoms with Crippen molar-refractivity contribution >= 4 is 32.7 Å². The molecule has 176 valence electrons. The van der Waals surface area contributed by atoms with E-state index in [0.29, 0.717) is 16.3 Å². The van der Waals surface area contributed by atoms with E-state index in [2.05, 4.69) is 28.8 Å². The molecule has 2 atom stereocenters. The van der Waals surface area contributed by atoms with Crippen molar-refractivity contribution in [3.63, 3.8) is 0 Å². The first-order valence-electron chi connectivity index (χ1n) is 10.4. The van der Waals surface area contributed by atoms with E-state index in [-0.39, 0.29) is 21.9 Å². The molecule has 1 aliphatic rings. The van der Waals surface area contributed by atoms with Crippen LogP contribution in [-0.2, 0) is 10.0 Å². The van der Waals surface area contributed by atoms with Crippen LogP contribution in [0.1, 0.15) is 13.8 Å². The number of anilines is 2. The molecule has 2 heterocycles. The second kappa shape index (κ2) is 9.28. The fourth-order valence-electron chi connectivity index (χ4n) is 4.03. The fraction of sp³-hybridized carbons (Fsp3) is 0.304. The summed E-state index contributed by atoms with van der Waals surface area (Å²) < 4.78 is 61.5. The van der Waals surface area contributed by atoms with Gasteiger partial charge in [0.2, 0.25) is 0 Å². The molecule has 1 fully saturated rings. The first kappa shape index (κ1) is 23.5. The Morgan fingerprint density at radius 2 is 1.79 bits per heavy atom. The van der Waals surface area contributed by atoms with Crippen molar-refractivity contribution in [2.75, 3.05) is 29.8 Å². The topological polar surface area (TPSA) is 70.7 Å². The number of ether oxygens (including phenoxy) is 1. The van der Waals surface area contributed by atoms with Crippen molar-refractivity contribution < 1.29 is 21.9 Å². The average Bonchev–Trinajstić information content (AvgIpc) is 3.24. The van der Waals surface area contributed by atoms with Gasteiger partial charge >= 0.3 is 0 Å². The normalized spacial score (nSPS) is 18.9. The maximum atomic E-state index is 14.1. The summed E-state index contributed by atoms with van der Waals surface area (Å²) >= 11 is 0.916. The van der Waals surface area contributed by atoms with Crippen molar-refractivity contribution in [3.05, 3.63) is 60.2 Å². The minimum absolute atomic E-state index is 0.0306. The van der Waals surface area contributed by atoms with E-state index >= 15 is 0 Å². The summed E-state index contributed by atoms with van der Waals surface area (Å²) in [7, 11) is -2.33. The number of benzene rings is 2. The lowest BCUT2D eigenvalue weighted by molar-refractivity contribution is 0.391. The summed E-state index contributed by atoms with van der Waals surface area (Å²) in [5.74, 6) is -0.775. The summed E-state index contributed by atoms with van der Waals surface area (Å²) in [6.07, 6.45) is 0. The Balaban J connectivity index is 1.60. The molecule has 0 bridgehead atoms. The lowest BCUT2D eigenvalue weighted by atomic mass is 10.1. The van der Waals surface area contributed by atoms with Crippen LogP contribution in [-0.4, -0.2) is 40.7 Å². The van der Waals surface area contributed by atoms with E-state index in [0.717, 1.165) is 42.2 Å². The van der Waals surface area contributed by atoms with Crippen LogP contribution < -0.4 is 19.7 Å². The summed E-state index contributed by atoms with van der Waals surface area (Å²) in [4.78, 5) is 2.57. The van der Waals surface area contributed by atoms with Crippen LogP contribution in [0.4, 0.5) is 20.2 Å². The van der Waals surface area contributed by atoms with Crippen LogP contribution in [0, 0.1) is 11.6 Å². The summed E-state index contributed by atoms with van der Waals surface area (Å²) in [6.45, 7) is 5.71. The number of halogens is 2. The monoisotopic (exact) mass is 493 g/mol. The van der Waals surface area contributed by atoms with Crippen LogP contribution in [0.25, 0.3) is 10.4 Å². The molecule has 0 saturated carbocycles. The summed E-state index contributed by atoms with van der Waals surface area (Å²) in [6, 6.07) is 11.8. The maximum Gasteiger partial charge on any atom is 0.271 e. The molecule has 33 heavy (non-hydrogen) atoms. The Bertz CT molecular complexity index is 1250. The Hall–Kier alpha value is -2.69. The molecule has 0 radical (unpaired) electrons. The number of methoxy groups -OCH3 is 1. The zero-order chi connectivity index (χ0) is 23.8. The van der Waals surface area contributed by atoms with Crippen LogP contribution >= 0.6 is 11.3 Å². The molecule has 1 aromatic heterocycles. The van der Waals surface area contributed by atoms with E-state index in [1.807, 2.05) is 0 Å². The molecule has 1 saturated heterocycles. The Morgan fingerprint density at radius 3 is 2.45 bits per heavy atom. The number of nitrogens with zero attached hydrogens (tertiary/aromatic N) is 1. The van der Waals surface area contributed by atoms with Gasteiger partial charge in [-0.25, -0.2) is 17.2 Å². The Labute approximate surface area is 196 Å². The first-order chi connectivity index (χ1) is 15.7. The van der Waals surface area contributed by atoms with Gasteiger partial charge in [0.15, 0.2) is 0 Å². The minimum atomic E-state index is -3.91. The number of hydrogen-bond donors (Lipinski definition) is 2. The Kier molecular flexibility index (Phi) is 6.60. The highest BCUT2D eigenvalue weighted by molar-refractivity contribution is 7.94. The summed E-state index contributed by atoms with van der Waals surface area (Å²) in [5.41, 5.74) is 1.35. The number of hydrogen-bond acceptors (Lipinski definition) is 6. The lowest BCUT2D eigenvalue weighted by Crippen LogP contribution is -2.54. The highest BCUT2D eigenvalue weighted by Crippen LogP contribution is 2.36. The van der Waals surface area contributed by atoms with Crippen molar-refractivity contribution in [2.45, 2.75) is 30.1 Å². The molecule has 2 N–H and O–H groups in total. The van der Waals surface area contributed by atoms with Gasteiger partial charge in [-0.2, -0.15) is 0 Å². The van der Waals surface area contributed by atoms with E-state index in [1.54, 1.807) is 25.3 Å². The molecule has 2 aromatic carbocycles. The quantitative estimate of drug-likeness (QED) is 0.521. The third kappa shape index (κ3) is 5.13. The van der Waals surface area contributed by atoms with Gasteiger partial charge in [0.05, 0.1) is 18.5 Å². The molecular weight excluding hydrogens is 468 g/mol. The zero-order valence-electron chi connectivity index (χ0n) is 18.4. The van der Waals surface area contributed by atoms with E-state index < -0.39 is 21.7 Å². The number of piperazine rings is 1. The van der Waals surface area contributed by atoms with Crippen LogP contribution in [0.15, 0.2) is 52.7 Å². The van der Waals surface area contributed by atoms with Crippen molar-refractivity contribution in [1.82, 2.24) is 5.32 Å². The second-order valence-electron chi connectivity index (χ2n) is 8.11. The van der Waals surface area contributed by atoms with E-state index in [1.165, 1.54) is 18.2 Å². The molecule has 4 rings (SSSR count). The van der Waals surface area contributed by atoms with E-state index in [4.69, 9.17) is 4.74 Å². The van der Waals surface area contributed by atoms with Gasteiger partial charge in [-0.15, -0.1) is 11.3 Å². The molecule has 0 spiro atoms. The predicted molar refractivity (Wildman–Crippen MR) is 128 cm³/mol. The molecular formula is C23H25F2N3O3S2. The van der Waals surface area contributed by atoms with Crippen molar-refractivity contribution in [1.29, 1.82) is 0 Å². The molecule has 10 heteroatoms. The molecule has 0 amide bonds. The van der Waals surface area contributed by atoms with Crippen molar-refractivity contribution in [2.24, 2.45) is 0 Å². The molecule has 0 aliphatic carbocycles. The van der Waals surface area contributed by atoms with Crippen molar-refractivity contribution in [3.8, 4) is 16.2 Å². The maximum absolute atomic E-state index is 14.1. The minimum Gasteiger partial charge on any atom is -0.495 e. The van der Waals surface area contributed by atoms with Crippen LogP contribution in [0.5, 0.6) is 5.75 Å². The fourth-order valence-corrected chi connectivity index (χ4v) is 6.41. The smallest absolute Gasteiger partial charge is 0.271 e. The lowest BCUT2D eigenvalue weighted by Gasteiger charge is -2.38. The van der Waals surface area contributed by atoms with Crippen LogP contribution in [0.3, 0.4) is 0 Å². The first-order valence-corrected chi connectivity index (χ1v) is 12.7. The van der Waals surface area contributed by atoms with Gasteiger partial charge in [-0.3, -0.25) is 4.72 Å². The van der Waals surface area contributed by atoms with Crippen LogP contribution in [0.2, 0.25) is 0 Å². The standard InChI is InChI=1S/C23H25F2N3O3S2/c1-14-12-28(13-15(2)26-14)20-11-17(5-7-21(20)31-3)27-33(29,30)23-9-8-22(32-23)18-6-4-16(24)10-19(18)25/h4-11,14-15,26-27H,12-13H2,1-3H3. The highest BCUT2D eigenvalue weighted by Gasteiger charge is 2.25. The largest absolute Gasteiger partial charge is 0.495 e. The van der Waals surface area contributed by atoms with Gasteiger partial charge < -0.3 is 15.0 Å². The third-order valence-corrected chi connectivity index (χ3v) is 8.36. The number of nitrogens with one attached hydrogen (secondary N) is 2. The SMILES string of the molecule is COc1ccc(NS(=O)(=O)c2ccc(-c3ccc(F)cc3F)s2)cc1N1CC(C)NC(C)C1. The van der Waals surface area contributed by atoms with E-state index in [9.17, 15) is 17.2 Å². The average molecular weight is 494 g/mol. The van der Waals surface area contributed by atoms with Gasteiger partial charge in [0.1, 0.15) is 21.6 Å². The highest BCUT2D eigenvalue weighted by atomic mass is 32.2. The molecule has 6 nitrogen and oxygen atoms in total. The zero-order valence-corrected chi connectivity index (χ0v) is 20.1. The molecule has 1 aliphatic heterocycles. The van der Waals surface area contributed by atoms with Gasteiger partial charge in [-0.05, 0) is 56.3 Å². The Morgan fingerprint density at radius 1 is 1.06 bits per heavy atom. The number of sulfonamides is 1. The van der Waals surface area contributed by atoms with Gasteiger partial charge in [0.25, 0.3) is 10.0 Å². The molecule has 3 aromatic rings. The van der Waals surface area contributed by atoms with Gasteiger partial charge in [-0.1, -0.05) is 0 Å². The summed E-state index contributed by atoms with van der Waals surface area (Å²) in [5, 5.41) is 3.47. The molecule has 2 unspecified atom stereocenters. The predicted octanol–water partition coefficient (Wildman–Crippen LogP) is 4.69. The number of thiophene rings is 1.